The van der Waals surface area contributed by atoms with E-state index in [1.165, 1.54) is 12.1 Å². The Morgan fingerprint density at radius 2 is 1.62 bits per heavy atom. The second kappa shape index (κ2) is 11.0. The minimum Gasteiger partial charge on any atom is -0.497 e. The van der Waals surface area contributed by atoms with Crippen molar-refractivity contribution >= 4 is 22.9 Å². The first kappa shape index (κ1) is 26.7. The molecule has 0 aliphatic rings. The summed E-state index contributed by atoms with van der Waals surface area (Å²) in [6.45, 7) is 0.821. The summed E-state index contributed by atoms with van der Waals surface area (Å²) in [5.74, 6) is 1.14. The van der Waals surface area contributed by atoms with Gasteiger partial charge in [-0.2, -0.15) is 13.2 Å². The third kappa shape index (κ3) is 5.88. The van der Waals surface area contributed by atoms with Crippen LogP contribution >= 0.6 is 0 Å². The molecule has 0 aliphatic heterocycles. The molecule has 8 nitrogen and oxygen atoms in total. The lowest BCUT2D eigenvalue weighted by molar-refractivity contribution is -0.137. The average molecular weight is 547 g/mol. The molecule has 3 aromatic carbocycles. The highest BCUT2D eigenvalue weighted by Gasteiger charge is 2.30. The van der Waals surface area contributed by atoms with Crippen LogP contribution in [0, 0.1) is 0 Å². The smallest absolute Gasteiger partial charge is 0.416 e. The normalized spacial score (nSPS) is 11.5. The summed E-state index contributed by atoms with van der Waals surface area (Å²) >= 11 is 0. The molecule has 0 aliphatic carbocycles. The van der Waals surface area contributed by atoms with Gasteiger partial charge in [0.1, 0.15) is 11.3 Å². The van der Waals surface area contributed by atoms with Crippen LogP contribution in [0.1, 0.15) is 27.0 Å². The Morgan fingerprint density at radius 3 is 2.25 bits per heavy atom. The Kier molecular flexibility index (Phi) is 7.37. The lowest BCUT2D eigenvalue weighted by atomic mass is 10.1. The second-order valence-corrected chi connectivity index (χ2v) is 9.10. The fourth-order valence-electron chi connectivity index (χ4n) is 4.21. The van der Waals surface area contributed by atoms with Crippen LogP contribution < -0.4 is 15.8 Å². The number of anilines is 1. The summed E-state index contributed by atoms with van der Waals surface area (Å²) in [6.07, 6.45) is -2.10. The number of nitrogens with two attached hydrogens (primary N) is 1. The largest absolute Gasteiger partial charge is 0.497 e. The Balaban J connectivity index is 1.46. The van der Waals surface area contributed by atoms with Crippen molar-refractivity contribution in [3.8, 4) is 17.1 Å². The van der Waals surface area contributed by atoms with Gasteiger partial charge < -0.3 is 20.4 Å². The molecule has 0 atom stereocenters. The minimum atomic E-state index is -4.40. The van der Waals surface area contributed by atoms with Gasteiger partial charge in [0.25, 0.3) is 0 Å². The number of benzene rings is 3. The maximum absolute atomic E-state index is 13.0. The number of amides is 1. The zero-order valence-corrected chi connectivity index (χ0v) is 21.4. The maximum atomic E-state index is 13.0. The van der Waals surface area contributed by atoms with Crippen molar-refractivity contribution in [3.63, 3.8) is 0 Å². The van der Waals surface area contributed by atoms with Crippen molar-refractivity contribution in [2.24, 2.45) is 5.73 Å². The number of ether oxygens (including phenoxy) is 1. The average Bonchev–Trinajstić information content (AvgIpc) is 3.36. The first-order chi connectivity index (χ1) is 19.2. The molecule has 0 saturated heterocycles. The highest BCUT2D eigenvalue weighted by molar-refractivity contribution is 5.93. The Labute approximate surface area is 227 Å². The van der Waals surface area contributed by atoms with Crippen molar-refractivity contribution in [3.05, 3.63) is 101 Å². The summed E-state index contributed by atoms with van der Waals surface area (Å²) in [5.41, 5.74) is 8.48. The lowest BCUT2D eigenvalue weighted by Gasteiger charge is -2.11. The fraction of sp³-hybridized carbons (Fsp3) is 0.172. The van der Waals surface area contributed by atoms with E-state index < -0.39 is 17.6 Å². The number of alkyl halides is 3. The zero-order chi connectivity index (χ0) is 28.3. The second-order valence-electron chi connectivity index (χ2n) is 9.10. The van der Waals surface area contributed by atoms with E-state index in [0.29, 0.717) is 52.5 Å². The van der Waals surface area contributed by atoms with Gasteiger partial charge in [0.2, 0.25) is 5.91 Å². The Hall–Kier alpha value is -4.93. The van der Waals surface area contributed by atoms with Crippen molar-refractivity contribution < 1.29 is 22.7 Å². The Morgan fingerprint density at radius 1 is 0.950 bits per heavy atom. The van der Waals surface area contributed by atoms with Crippen LogP contribution in [0.2, 0.25) is 0 Å². The number of hydrogen-bond donors (Lipinski definition) is 2. The molecule has 0 radical (unpaired) electrons. The molecule has 3 N–H and O–H groups in total. The molecule has 2 aromatic heterocycles. The van der Waals surface area contributed by atoms with Crippen LogP contribution in [0.5, 0.6) is 5.75 Å². The van der Waals surface area contributed by atoms with E-state index >= 15 is 0 Å². The number of halogens is 3. The molecule has 1 amide bonds. The van der Waals surface area contributed by atoms with Crippen LogP contribution in [0.4, 0.5) is 19.0 Å². The Bertz CT molecular complexity index is 1630. The molecule has 0 bridgehead atoms. The predicted octanol–water partition coefficient (Wildman–Crippen LogP) is 5.32. The fourth-order valence-corrected chi connectivity index (χ4v) is 4.21. The summed E-state index contributed by atoms with van der Waals surface area (Å²) < 4.78 is 46.0. The molecule has 0 spiro atoms. The van der Waals surface area contributed by atoms with Gasteiger partial charge >= 0.3 is 6.18 Å². The predicted molar refractivity (Wildman–Crippen MR) is 145 cm³/mol. The number of aromatic nitrogens is 4. The van der Waals surface area contributed by atoms with E-state index in [4.69, 9.17) is 20.4 Å². The number of fused-ring (bicyclic) bond motifs is 1. The molecule has 5 rings (SSSR count). The minimum absolute atomic E-state index is 0.261. The number of imidazole rings is 1. The quantitative estimate of drug-likeness (QED) is 0.259. The van der Waals surface area contributed by atoms with Gasteiger partial charge in [0.05, 0.1) is 25.5 Å². The molecule has 0 saturated carbocycles. The third-order valence-electron chi connectivity index (χ3n) is 6.39. The number of nitrogens with one attached hydrogen (secondary N) is 1. The molecule has 2 heterocycles. The van der Waals surface area contributed by atoms with Crippen LogP contribution in [-0.4, -0.2) is 39.1 Å². The number of rotatable bonds is 9. The molecular weight excluding hydrogens is 521 g/mol. The molecule has 40 heavy (non-hydrogen) atoms. The molecule has 5 aromatic rings. The van der Waals surface area contributed by atoms with Gasteiger partial charge in [0.15, 0.2) is 17.3 Å². The SMILES string of the molecule is COc1ccc(CCNc2nc(-c3ccc(C(N)=O)cc3)nc3c2ncn3Cc2ccc(C(F)(F)F)cc2)cc1. The van der Waals surface area contributed by atoms with Crippen molar-refractivity contribution in [2.45, 2.75) is 19.1 Å². The number of nitrogens with zero attached hydrogens (tertiary/aromatic N) is 4. The number of carbonyl (C=O) groups is 1. The van der Waals surface area contributed by atoms with E-state index in [1.807, 2.05) is 24.3 Å². The lowest BCUT2D eigenvalue weighted by Crippen LogP contribution is -2.11. The number of carbonyl (C=O) groups excluding carboxylic acids is 1. The standard InChI is InChI=1S/C29H25F3N6O2/c1-40-23-12-4-18(5-13-23)14-15-34-27-24-28(37-26(36-27)21-8-6-20(7-9-21)25(33)39)38(17-35-24)16-19-2-10-22(11-3-19)29(30,31)32/h2-13,17H,14-16H2,1H3,(H2,33,39)(H,34,36,37). The molecular formula is C29H25F3N6O2. The summed E-state index contributed by atoms with van der Waals surface area (Å²) in [6, 6.07) is 19.4. The molecule has 204 valence electrons. The number of hydrogen-bond acceptors (Lipinski definition) is 6. The van der Waals surface area contributed by atoms with Crippen LogP contribution in [0.25, 0.3) is 22.6 Å². The van der Waals surface area contributed by atoms with Gasteiger partial charge in [-0.1, -0.05) is 36.4 Å². The van der Waals surface area contributed by atoms with E-state index in [0.717, 1.165) is 23.4 Å². The van der Waals surface area contributed by atoms with Gasteiger partial charge in [0, 0.05) is 17.7 Å². The molecule has 0 fully saturated rings. The van der Waals surface area contributed by atoms with Crippen molar-refractivity contribution in [2.75, 3.05) is 19.0 Å². The van der Waals surface area contributed by atoms with Crippen LogP contribution in [0.15, 0.2) is 79.1 Å². The van der Waals surface area contributed by atoms with Gasteiger partial charge in [-0.15, -0.1) is 0 Å². The summed E-state index contributed by atoms with van der Waals surface area (Å²) in [4.78, 5) is 25.4. The highest BCUT2D eigenvalue weighted by atomic mass is 19.4. The first-order valence-corrected chi connectivity index (χ1v) is 12.4. The van der Waals surface area contributed by atoms with Crippen molar-refractivity contribution in [1.29, 1.82) is 0 Å². The van der Waals surface area contributed by atoms with Crippen molar-refractivity contribution in [1.82, 2.24) is 19.5 Å². The van der Waals surface area contributed by atoms with Gasteiger partial charge in [-0.05, 0) is 53.9 Å². The van der Waals surface area contributed by atoms with E-state index in [1.54, 1.807) is 42.3 Å². The van der Waals surface area contributed by atoms with Gasteiger partial charge in [-0.3, -0.25) is 4.79 Å². The summed E-state index contributed by atoms with van der Waals surface area (Å²) in [5, 5.41) is 3.35. The van der Waals surface area contributed by atoms with E-state index in [9.17, 15) is 18.0 Å². The zero-order valence-electron chi connectivity index (χ0n) is 21.4. The topological polar surface area (TPSA) is 108 Å². The monoisotopic (exact) mass is 546 g/mol. The first-order valence-electron chi connectivity index (χ1n) is 12.4. The molecule has 0 unspecified atom stereocenters. The third-order valence-corrected chi connectivity index (χ3v) is 6.39. The maximum Gasteiger partial charge on any atom is 0.416 e. The van der Waals surface area contributed by atoms with E-state index in [-0.39, 0.29) is 6.54 Å². The summed E-state index contributed by atoms with van der Waals surface area (Å²) in [7, 11) is 1.62. The van der Waals surface area contributed by atoms with E-state index in [2.05, 4.69) is 10.3 Å². The number of methoxy groups -OCH3 is 1. The molecule has 11 heteroatoms. The van der Waals surface area contributed by atoms with Crippen LogP contribution in [0.3, 0.4) is 0 Å². The highest BCUT2D eigenvalue weighted by Crippen LogP contribution is 2.30. The van der Waals surface area contributed by atoms with Crippen LogP contribution in [-0.2, 0) is 19.1 Å². The number of primary amides is 1. The van der Waals surface area contributed by atoms with Gasteiger partial charge in [-0.25, -0.2) is 15.0 Å².